The van der Waals surface area contributed by atoms with Crippen LogP contribution >= 0.6 is 0 Å². The summed E-state index contributed by atoms with van der Waals surface area (Å²) in [6.07, 6.45) is 0.914. The molecule has 0 spiro atoms. The highest BCUT2D eigenvalue weighted by atomic mass is 32.2. The van der Waals surface area contributed by atoms with E-state index in [9.17, 15) is 17.6 Å². The third-order valence-electron chi connectivity index (χ3n) is 6.02. The summed E-state index contributed by atoms with van der Waals surface area (Å²) in [5.41, 5.74) is 4.05. The highest BCUT2D eigenvalue weighted by Gasteiger charge is 2.19. The van der Waals surface area contributed by atoms with Gasteiger partial charge >= 0.3 is 6.03 Å². The Bertz CT molecular complexity index is 1290. The Kier molecular flexibility index (Phi) is 7.00. The van der Waals surface area contributed by atoms with Crippen molar-refractivity contribution < 1.29 is 17.6 Å². The second kappa shape index (κ2) is 9.95. The zero-order valence-corrected chi connectivity index (χ0v) is 20.0. The molecule has 3 aromatic rings. The molecule has 6 nitrogen and oxygen atoms in total. The predicted octanol–water partition coefficient (Wildman–Crippen LogP) is 4.67. The first-order valence-corrected chi connectivity index (χ1v) is 12.8. The molecule has 0 fully saturated rings. The fraction of sp³-hybridized carbons (Fsp3) is 0.269. The third kappa shape index (κ3) is 5.63. The molecule has 2 amide bonds. The van der Waals surface area contributed by atoms with Gasteiger partial charge in [0.2, 0.25) is 0 Å². The van der Waals surface area contributed by atoms with Gasteiger partial charge in [0.25, 0.3) is 0 Å². The normalized spacial score (nSPS) is 14.8. The largest absolute Gasteiger partial charge is 0.331 e. The van der Waals surface area contributed by atoms with E-state index in [1.54, 1.807) is 37.3 Å². The van der Waals surface area contributed by atoms with E-state index in [1.165, 1.54) is 29.3 Å². The number of hydrogen-bond acceptors (Lipinski definition) is 4. The fourth-order valence-corrected chi connectivity index (χ4v) is 5.49. The number of likely N-dealkylation sites (N-methyl/N-ethyl adjacent to an activating group) is 1. The lowest BCUT2D eigenvalue weighted by Crippen LogP contribution is -2.31. The van der Waals surface area contributed by atoms with E-state index in [0.717, 1.165) is 25.1 Å². The number of amides is 2. The van der Waals surface area contributed by atoms with Crippen LogP contribution < -0.4 is 10.6 Å². The van der Waals surface area contributed by atoms with Crippen molar-refractivity contribution in [3.63, 3.8) is 0 Å². The van der Waals surface area contributed by atoms with Crippen molar-refractivity contribution in [2.75, 3.05) is 18.9 Å². The number of carbonyl (C=O) groups is 1. The number of urea groups is 1. The topological polar surface area (TPSA) is 78.5 Å². The van der Waals surface area contributed by atoms with E-state index in [0.29, 0.717) is 11.3 Å². The predicted molar refractivity (Wildman–Crippen MR) is 131 cm³/mol. The van der Waals surface area contributed by atoms with Gasteiger partial charge in [0, 0.05) is 24.3 Å². The highest BCUT2D eigenvalue weighted by Crippen LogP contribution is 2.24. The van der Waals surface area contributed by atoms with Crippen LogP contribution in [-0.4, -0.2) is 32.9 Å². The Labute approximate surface area is 199 Å². The third-order valence-corrected chi connectivity index (χ3v) is 7.72. The monoisotopic (exact) mass is 481 g/mol. The van der Waals surface area contributed by atoms with Crippen LogP contribution in [0.3, 0.4) is 0 Å². The summed E-state index contributed by atoms with van der Waals surface area (Å²) in [4.78, 5) is 14.7. The maximum atomic E-state index is 13.9. The number of anilines is 1. The summed E-state index contributed by atoms with van der Waals surface area (Å²) < 4.78 is 39.8. The smallest absolute Gasteiger partial charge is 0.319 e. The molecule has 0 bridgehead atoms. The molecule has 178 valence electrons. The number of halogens is 1. The molecule has 0 saturated carbocycles. The minimum atomic E-state index is -3.54. The molecule has 8 heteroatoms. The van der Waals surface area contributed by atoms with Crippen LogP contribution in [-0.2, 0) is 28.6 Å². The van der Waals surface area contributed by atoms with Crippen LogP contribution in [0, 0.1) is 5.82 Å². The van der Waals surface area contributed by atoms with Crippen molar-refractivity contribution >= 4 is 21.6 Å². The lowest BCUT2D eigenvalue weighted by atomic mass is 9.98. The molecule has 1 aliphatic rings. The standard InChI is InChI=1S/C26H28FN3O3S/c1-18(24-5-3-4-6-25(24)27)28-26(31)29-22-9-11-23(12-10-22)34(32,33)17-19-7-8-21-16-30(2)14-13-20(21)15-19/h3-12,15,18H,13-14,16-17H2,1-2H3,(H2,28,29,31). The van der Waals surface area contributed by atoms with Crippen LogP contribution in [0.25, 0.3) is 0 Å². The lowest BCUT2D eigenvalue weighted by molar-refractivity contribution is 0.249. The van der Waals surface area contributed by atoms with Gasteiger partial charge in [0.05, 0.1) is 16.7 Å². The summed E-state index contributed by atoms with van der Waals surface area (Å²) in [6.45, 7) is 3.53. The number of benzene rings is 3. The van der Waals surface area contributed by atoms with Crippen molar-refractivity contribution in [1.82, 2.24) is 10.2 Å². The van der Waals surface area contributed by atoms with E-state index < -0.39 is 27.7 Å². The summed E-state index contributed by atoms with van der Waals surface area (Å²) in [5.74, 6) is -0.472. The highest BCUT2D eigenvalue weighted by molar-refractivity contribution is 7.90. The molecular weight excluding hydrogens is 453 g/mol. The molecule has 2 N–H and O–H groups in total. The van der Waals surface area contributed by atoms with Gasteiger partial charge in [-0.15, -0.1) is 0 Å². The van der Waals surface area contributed by atoms with E-state index in [-0.39, 0.29) is 10.6 Å². The van der Waals surface area contributed by atoms with Gasteiger partial charge in [-0.1, -0.05) is 36.4 Å². The molecule has 0 aliphatic carbocycles. The first-order valence-electron chi connectivity index (χ1n) is 11.2. The van der Waals surface area contributed by atoms with Gasteiger partial charge in [0.15, 0.2) is 9.84 Å². The minimum absolute atomic E-state index is 0.0798. The Morgan fingerprint density at radius 3 is 2.53 bits per heavy atom. The first-order chi connectivity index (χ1) is 16.2. The molecule has 0 radical (unpaired) electrons. The number of nitrogens with zero attached hydrogens (tertiary/aromatic N) is 1. The lowest BCUT2D eigenvalue weighted by Gasteiger charge is -2.25. The van der Waals surface area contributed by atoms with Gasteiger partial charge in [0.1, 0.15) is 5.82 Å². The second-order valence-electron chi connectivity index (χ2n) is 8.72. The van der Waals surface area contributed by atoms with E-state index >= 15 is 0 Å². The van der Waals surface area contributed by atoms with Crippen molar-refractivity contribution in [2.24, 2.45) is 0 Å². The zero-order chi connectivity index (χ0) is 24.3. The van der Waals surface area contributed by atoms with Gasteiger partial charge in [-0.3, -0.25) is 0 Å². The van der Waals surface area contributed by atoms with Crippen LogP contribution in [0.1, 0.15) is 35.2 Å². The van der Waals surface area contributed by atoms with Crippen molar-refractivity contribution in [3.8, 4) is 0 Å². The molecule has 3 aromatic carbocycles. The van der Waals surface area contributed by atoms with Gasteiger partial charge in [-0.05, 0) is 67.4 Å². The number of nitrogens with one attached hydrogen (secondary N) is 2. The van der Waals surface area contributed by atoms with Crippen LogP contribution in [0.2, 0.25) is 0 Å². The summed E-state index contributed by atoms with van der Waals surface area (Å²) >= 11 is 0. The Morgan fingerprint density at radius 2 is 1.79 bits per heavy atom. The fourth-order valence-electron chi connectivity index (χ4n) is 4.15. The summed E-state index contributed by atoms with van der Waals surface area (Å²) in [5, 5.41) is 5.34. The first kappa shape index (κ1) is 23.9. The van der Waals surface area contributed by atoms with Crippen molar-refractivity contribution in [1.29, 1.82) is 0 Å². The Balaban J connectivity index is 1.39. The summed E-state index contributed by atoms with van der Waals surface area (Å²) in [7, 11) is -1.46. The average molecular weight is 482 g/mol. The van der Waals surface area contributed by atoms with Gasteiger partial charge < -0.3 is 15.5 Å². The average Bonchev–Trinajstić information content (AvgIpc) is 2.79. The molecule has 1 heterocycles. The van der Waals surface area contributed by atoms with Crippen LogP contribution in [0.15, 0.2) is 71.6 Å². The van der Waals surface area contributed by atoms with Crippen LogP contribution in [0.5, 0.6) is 0 Å². The number of rotatable bonds is 6. The van der Waals surface area contributed by atoms with E-state index in [1.807, 2.05) is 18.2 Å². The number of sulfone groups is 1. The molecule has 34 heavy (non-hydrogen) atoms. The Hall–Kier alpha value is -3.23. The number of hydrogen-bond donors (Lipinski definition) is 2. The zero-order valence-electron chi connectivity index (χ0n) is 19.2. The molecule has 1 aliphatic heterocycles. The number of fused-ring (bicyclic) bond motifs is 1. The maximum absolute atomic E-state index is 13.9. The molecule has 1 unspecified atom stereocenters. The minimum Gasteiger partial charge on any atom is -0.331 e. The van der Waals surface area contributed by atoms with Gasteiger partial charge in [-0.25, -0.2) is 17.6 Å². The van der Waals surface area contributed by atoms with Crippen molar-refractivity contribution in [3.05, 3.63) is 94.8 Å². The van der Waals surface area contributed by atoms with Crippen molar-refractivity contribution in [2.45, 2.75) is 36.6 Å². The second-order valence-corrected chi connectivity index (χ2v) is 10.7. The quantitative estimate of drug-likeness (QED) is 0.536. The molecule has 0 saturated heterocycles. The van der Waals surface area contributed by atoms with Gasteiger partial charge in [-0.2, -0.15) is 0 Å². The van der Waals surface area contributed by atoms with Crippen LogP contribution in [0.4, 0.5) is 14.9 Å². The van der Waals surface area contributed by atoms with E-state index in [2.05, 4.69) is 22.6 Å². The molecular formula is C26H28FN3O3S. The molecule has 1 atom stereocenters. The SMILES string of the molecule is CC(NC(=O)Nc1ccc(S(=O)(=O)Cc2ccc3c(c2)CCN(C)C3)cc1)c1ccccc1F. The Morgan fingerprint density at radius 1 is 1.06 bits per heavy atom. The maximum Gasteiger partial charge on any atom is 0.319 e. The summed E-state index contributed by atoms with van der Waals surface area (Å²) in [6, 6.07) is 17.2. The molecule has 4 rings (SSSR count). The van der Waals surface area contributed by atoms with E-state index in [4.69, 9.17) is 0 Å². The number of carbonyl (C=O) groups excluding carboxylic acids is 1. The molecule has 0 aromatic heterocycles.